The van der Waals surface area contributed by atoms with Crippen molar-refractivity contribution in [1.29, 1.82) is 0 Å². The number of allylic oxidation sites excluding steroid dienone is 2. The van der Waals surface area contributed by atoms with Gasteiger partial charge in [0.15, 0.2) is 5.60 Å². The molecule has 0 bridgehead atoms. The lowest BCUT2D eigenvalue weighted by Gasteiger charge is -2.43. The van der Waals surface area contributed by atoms with Crippen LogP contribution in [-0.2, 0) is 5.41 Å². The molecule has 0 saturated heterocycles. The van der Waals surface area contributed by atoms with Crippen LogP contribution in [0.25, 0.3) is 0 Å². The summed E-state index contributed by atoms with van der Waals surface area (Å²) in [6, 6.07) is 2.97. The van der Waals surface area contributed by atoms with E-state index in [1.165, 1.54) is 38.1 Å². The van der Waals surface area contributed by atoms with Gasteiger partial charge in [0.2, 0.25) is 0 Å². The van der Waals surface area contributed by atoms with Crippen molar-refractivity contribution in [2.75, 3.05) is 20.3 Å². The van der Waals surface area contributed by atoms with E-state index in [-0.39, 0.29) is 17.9 Å². The maximum absolute atomic E-state index is 14.1. The maximum atomic E-state index is 14.1. The molecule has 8 heteroatoms. The predicted octanol–water partition coefficient (Wildman–Crippen LogP) is 4.32. The monoisotopic (exact) mass is 431 g/mol. The van der Waals surface area contributed by atoms with Gasteiger partial charge in [-0.05, 0) is 55.0 Å². The summed E-state index contributed by atoms with van der Waals surface area (Å²) >= 11 is 0. The summed E-state index contributed by atoms with van der Waals surface area (Å²) in [5.41, 5.74) is -2.74. The summed E-state index contributed by atoms with van der Waals surface area (Å²) < 4.78 is 61.4. The number of halogens is 4. The van der Waals surface area contributed by atoms with Crippen molar-refractivity contribution in [1.82, 2.24) is 4.90 Å². The second kappa shape index (κ2) is 8.59. The number of aliphatic hydroxyl groups is 2. The molecule has 2 rings (SSSR count). The highest BCUT2D eigenvalue weighted by molar-refractivity contribution is 5.40. The minimum atomic E-state index is -4.96. The van der Waals surface area contributed by atoms with E-state index in [4.69, 9.17) is 4.74 Å². The number of rotatable bonds is 7. The number of nitrogens with zero attached hydrogens (tertiary/aromatic N) is 1. The molecule has 0 aliphatic carbocycles. The van der Waals surface area contributed by atoms with Gasteiger partial charge < -0.3 is 19.8 Å². The standard InChI is InChI=1S/C22H29F4NO3/c1-14-8-15(2)18(11-28)27(10-14)13-21(29,22(24,25)26)12-20(3,4)17-9-16(23)6-7-19(17)30-5/h6-10,18,28-29H,11-13H2,1-5H3. The van der Waals surface area contributed by atoms with E-state index in [0.717, 1.165) is 12.1 Å². The number of benzene rings is 1. The Bertz CT molecular complexity index is 832. The van der Waals surface area contributed by atoms with Crippen LogP contribution in [0.15, 0.2) is 41.6 Å². The first-order valence-corrected chi connectivity index (χ1v) is 9.60. The highest BCUT2D eigenvalue weighted by Crippen LogP contribution is 2.44. The molecular formula is C22H29F4NO3. The van der Waals surface area contributed by atoms with Crippen LogP contribution in [0.4, 0.5) is 17.6 Å². The second-order valence-corrected chi connectivity index (χ2v) is 8.57. The Hall–Kier alpha value is -2.06. The molecular weight excluding hydrogens is 402 g/mol. The van der Waals surface area contributed by atoms with Gasteiger partial charge in [-0.25, -0.2) is 4.39 Å². The molecule has 0 saturated carbocycles. The first-order chi connectivity index (χ1) is 13.7. The third-order valence-corrected chi connectivity index (χ3v) is 5.52. The van der Waals surface area contributed by atoms with E-state index in [2.05, 4.69) is 0 Å². The third-order valence-electron chi connectivity index (χ3n) is 5.52. The molecule has 168 valence electrons. The van der Waals surface area contributed by atoms with E-state index in [9.17, 15) is 27.8 Å². The number of methoxy groups -OCH3 is 1. The first kappa shape index (κ1) is 24.2. The molecule has 1 aliphatic heterocycles. The van der Waals surface area contributed by atoms with Crippen molar-refractivity contribution >= 4 is 0 Å². The Labute approximate surface area is 174 Å². The molecule has 2 unspecified atom stereocenters. The fourth-order valence-corrected chi connectivity index (χ4v) is 4.09. The van der Waals surface area contributed by atoms with E-state index in [0.29, 0.717) is 11.1 Å². The van der Waals surface area contributed by atoms with Crippen LogP contribution < -0.4 is 4.74 Å². The SMILES string of the molecule is COc1ccc(F)cc1C(C)(C)CC(O)(CN1C=C(C)C=C(C)C1CO)C(F)(F)F. The normalized spacial score (nSPS) is 19.8. The number of aliphatic hydroxyl groups excluding tert-OH is 1. The lowest BCUT2D eigenvalue weighted by Crippen LogP contribution is -2.57. The summed E-state index contributed by atoms with van der Waals surface area (Å²) in [4.78, 5) is 1.32. The average molecular weight is 431 g/mol. The van der Waals surface area contributed by atoms with Gasteiger partial charge in [0, 0.05) is 11.8 Å². The van der Waals surface area contributed by atoms with Gasteiger partial charge in [-0.1, -0.05) is 19.9 Å². The van der Waals surface area contributed by atoms with Crippen molar-refractivity contribution in [3.05, 3.63) is 53.0 Å². The first-order valence-electron chi connectivity index (χ1n) is 9.60. The summed E-state index contributed by atoms with van der Waals surface area (Å²) in [7, 11) is 1.35. The molecule has 0 fully saturated rings. The highest BCUT2D eigenvalue weighted by atomic mass is 19.4. The quantitative estimate of drug-likeness (QED) is 0.632. The van der Waals surface area contributed by atoms with Crippen LogP contribution in [0.1, 0.15) is 39.7 Å². The highest BCUT2D eigenvalue weighted by Gasteiger charge is 2.57. The fourth-order valence-electron chi connectivity index (χ4n) is 4.09. The largest absolute Gasteiger partial charge is 0.496 e. The van der Waals surface area contributed by atoms with Gasteiger partial charge >= 0.3 is 6.18 Å². The molecule has 4 nitrogen and oxygen atoms in total. The Morgan fingerprint density at radius 3 is 2.33 bits per heavy atom. The average Bonchev–Trinajstić information content (AvgIpc) is 2.60. The lowest BCUT2D eigenvalue weighted by atomic mass is 9.74. The molecule has 2 N–H and O–H groups in total. The summed E-state index contributed by atoms with van der Waals surface area (Å²) in [5.74, 6) is -0.364. The number of hydrogen-bond donors (Lipinski definition) is 2. The minimum absolute atomic E-state index is 0.229. The van der Waals surface area contributed by atoms with Crippen LogP contribution in [0.5, 0.6) is 5.75 Å². The molecule has 2 atom stereocenters. The molecule has 0 spiro atoms. The van der Waals surface area contributed by atoms with Gasteiger partial charge in [0.1, 0.15) is 11.6 Å². The van der Waals surface area contributed by atoms with Gasteiger partial charge in [-0.15, -0.1) is 0 Å². The van der Waals surface area contributed by atoms with Gasteiger partial charge in [-0.2, -0.15) is 13.2 Å². The zero-order valence-corrected chi connectivity index (χ0v) is 17.8. The molecule has 1 aliphatic rings. The predicted molar refractivity (Wildman–Crippen MR) is 107 cm³/mol. The van der Waals surface area contributed by atoms with E-state index < -0.39 is 42.0 Å². The second-order valence-electron chi connectivity index (χ2n) is 8.57. The van der Waals surface area contributed by atoms with E-state index in [1.807, 2.05) is 0 Å². The Morgan fingerprint density at radius 1 is 1.17 bits per heavy atom. The van der Waals surface area contributed by atoms with Crippen LogP contribution in [-0.4, -0.2) is 53.2 Å². The van der Waals surface area contributed by atoms with Crippen LogP contribution in [0, 0.1) is 5.82 Å². The Kier molecular flexibility index (Phi) is 6.93. The fraction of sp³-hybridized carbons (Fsp3) is 0.545. The van der Waals surface area contributed by atoms with Crippen molar-refractivity contribution in [3.8, 4) is 5.75 Å². The van der Waals surface area contributed by atoms with Crippen molar-refractivity contribution in [2.24, 2.45) is 0 Å². The number of β-amino-alcohol motifs (C(OH)–C–C–N with tert-alkyl or cyclic N) is 1. The molecule has 0 radical (unpaired) electrons. The van der Waals surface area contributed by atoms with Crippen molar-refractivity contribution < 1.29 is 32.5 Å². The van der Waals surface area contributed by atoms with E-state index >= 15 is 0 Å². The number of hydrogen-bond acceptors (Lipinski definition) is 4. The summed E-state index contributed by atoms with van der Waals surface area (Å²) in [6.45, 7) is 5.31. The van der Waals surface area contributed by atoms with Crippen molar-refractivity contribution in [2.45, 2.75) is 57.3 Å². The summed E-state index contributed by atoms with van der Waals surface area (Å²) in [5, 5.41) is 20.6. The molecule has 1 heterocycles. The minimum Gasteiger partial charge on any atom is -0.496 e. The molecule has 1 aromatic carbocycles. The Morgan fingerprint density at radius 2 is 1.80 bits per heavy atom. The zero-order valence-electron chi connectivity index (χ0n) is 17.8. The van der Waals surface area contributed by atoms with Gasteiger partial charge in [-0.3, -0.25) is 0 Å². The summed E-state index contributed by atoms with van der Waals surface area (Å²) in [6.07, 6.45) is -2.40. The van der Waals surface area contributed by atoms with Crippen LogP contribution in [0.2, 0.25) is 0 Å². The van der Waals surface area contributed by atoms with Gasteiger partial charge in [0.25, 0.3) is 0 Å². The molecule has 0 amide bonds. The van der Waals surface area contributed by atoms with Gasteiger partial charge in [0.05, 0.1) is 26.3 Å². The molecule has 30 heavy (non-hydrogen) atoms. The smallest absolute Gasteiger partial charge is 0.418 e. The van der Waals surface area contributed by atoms with Crippen LogP contribution >= 0.6 is 0 Å². The topological polar surface area (TPSA) is 52.9 Å². The van der Waals surface area contributed by atoms with Crippen LogP contribution in [0.3, 0.4) is 0 Å². The Balaban J connectivity index is 2.45. The number of alkyl halides is 3. The lowest BCUT2D eigenvalue weighted by molar-refractivity contribution is -0.271. The van der Waals surface area contributed by atoms with E-state index in [1.54, 1.807) is 19.9 Å². The van der Waals surface area contributed by atoms with Crippen molar-refractivity contribution in [3.63, 3.8) is 0 Å². The maximum Gasteiger partial charge on any atom is 0.418 e. The zero-order chi connectivity index (χ0) is 22.9. The molecule has 0 aromatic heterocycles. The molecule has 1 aromatic rings. The third kappa shape index (κ3) is 4.98. The number of ether oxygens (including phenoxy) is 1.